The van der Waals surface area contributed by atoms with Crippen molar-refractivity contribution in [2.75, 3.05) is 0 Å². The average molecular weight is 472 g/mol. The number of aromatic nitrogens is 2. The van der Waals surface area contributed by atoms with Crippen LogP contribution in [0.4, 0.5) is 0 Å². The first kappa shape index (κ1) is 21.8. The first-order valence-corrected chi connectivity index (χ1v) is 10.8. The molecule has 2 N–H and O–H groups in total. The topological polar surface area (TPSA) is 115 Å². The van der Waals surface area contributed by atoms with Crippen molar-refractivity contribution in [2.24, 2.45) is 0 Å². The number of carboxylic acid groups (broad SMARTS) is 1. The first-order valence-electron chi connectivity index (χ1n) is 9.52. The lowest BCUT2D eigenvalue weighted by atomic mass is 10.0. The summed E-state index contributed by atoms with van der Waals surface area (Å²) in [5.74, 6) is -0.901. The van der Waals surface area contributed by atoms with Gasteiger partial charge >= 0.3 is 5.97 Å². The molecule has 1 amide bonds. The number of carbonyl (C=O) groups excluding carboxylic acids is 1. The molecule has 164 valence electrons. The second-order valence-corrected chi connectivity index (χ2v) is 8.80. The van der Waals surface area contributed by atoms with Gasteiger partial charge in [0.2, 0.25) is 5.82 Å². The molecule has 0 saturated heterocycles. The highest BCUT2D eigenvalue weighted by Crippen LogP contribution is 2.36. The van der Waals surface area contributed by atoms with Crippen LogP contribution in [0, 0.1) is 0 Å². The Labute approximate surface area is 191 Å². The molecule has 0 aliphatic heterocycles. The molecular weight excluding hydrogens is 454 g/mol. The zero-order valence-electron chi connectivity index (χ0n) is 17.1. The van der Waals surface area contributed by atoms with Crippen LogP contribution >= 0.6 is 22.9 Å². The van der Waals surface area contributed by atoms with Gasteiger partial charge in [0.1, 0.15) is 11.3 Å². The minimum atomic E-state index is -1.49. The van der Waals surface area contributed by atoms with Crippen LogP contribution in [-0.4, -0.2) is 32.7 Å². The van der Waals surface area contributed by atoms with Gasteiger partial charge in [0.05, 0.1) is 10.4 Å². The lowest BCUT2D eigenvalue weighted by molar-refractivity contribution is -0.143. The van der Waals surface area contributed by atoms with Gasteiger partial charge in [-0.15, -0.1) is 11.3 Å². The summed E-state index contributed by atoms with van der Waals surface area (Å²) in [6.07, 6.45) is 0. The highest BCUT2D eigenvalue weighted by Gasteiger charge is 2.31. The molecule has 0 fully saturated rings. The van der Waals surface area contributed by atoms with Crippen LogP contribution in [0.25, 0.3) is 21.5 Å². The van der Waals surface area contributed by atoms with Gasteiger partial charge in [0, 0.05) is 15.8 Å². The molecule has 2 aromatic carbocycles. The smallest absolute Gasteiger partial charge is 0.328 e. The van der Waals surface area contributed by atoms with Crippen molar-refractivity contribution in [3.05, 3.63) is 64.3 Å². The molecule has 32 heavy (non-hydrogen) atoms. The number of hydrogen-bond acceptors (Lipinski definition) is 7. The number of carboxylic acids is 1. The van der Waals surface area contributed by atoms with Crippen LogP contribution in [0.5, 0.6) is 5.75 Å². The van der Waals surface area contributed by atoms with E-state index in [9.17, 15) is 14.7 Å². The van der Waals surface area contributed by atoms with Crippen molar-refractivity contribution in [2.45, 2.75) is 26.0 Å². The van der Waals surface area contributed by atoms with Crippen LogP contribution < -0.4 is 10.1 Å². The number of thiophene rings is 1. The molecular formula is C22H18ClN3O5S. The van der Waals surface area contributed by atoms with Crippen molar-refractivity contribution < 1.29 is 24.0 Å². The van der Waals surface area contributed by atoms with Gasteiger partial charge in [-0.05, 0) is 31.4 Å². The standard InChI is InChI=1S/C22H18ClN3O5S/c1-22(2,21(28)29)25-20(27)14-10-15(23)12-6-3-4-7-13(12)18(14)30-11-17-24-19(26-31-17)16-8-5-9-32-16/h3-10H,11H2,1-2H3,(H,25,27)(H,28,29). The number of nitrogens with one attached hydrogen (secondary N) is 1. The van der Waals surface area contributed by atoms with Gasteiger partial charge < -0.3 is 19.7 Å². The Balaban J connectivity index is 1.69. The fraction of sp³-hybridized carbons (Fsp3) is 0.182. The van der Waals surface area contributed by atoms with E-state index in [0.717, 1.165) is 4.88 Å². The summed E-state index contributed by atoms with van der Waals surface area (Å²) in [5.41, 5.74) is -1.39. The normalized spacial score (nSPS) is 11.5. The van der Waals surface area contributed by atoms with E-state index in [2.05, 4.69) is 15.5 Å². The van der Waals surface area contributed by atoms with E-state index in [1.54, 1.807) is 18.2 Å². The summed E-state index contributed by atoms with van der Waals surface area (Å²) in [6, 6.07) is 12.4. The molecule has 0 spiro atoms. The molecule has 0 atom stereocenters. The number of benzene rings is 2. The predicted octanol–water partition coefficient (Wildman–Crippen LogP) is 4.78. The molecule has 0 aliphatic rings. The summed E-state index contributed by atoms with van der Waals surface area (Å²) >= 11 is 7.88. The molecule has 8 nitrogen and oxygen atoms in total. The number of halogens is 1. The first-order chi connectivity index (χ1) is 15.3. The Bertz CT molecular complexity index is 1300. The fourth-order valence-corrected chi connectivity index (χ4v) is 3.91. The van der Waals surface area contributed by atoms with Crippen molar-refractivity contribution >= 4 is 45.6 Å². The summed E-state index contributed by atoms with van der Waals surface area (Å²) < 4.78 is 11.2. The fourth-order valence-electron chi connectivity index (χ4n) is 2.99. The summed E-state index contributed by atoms with van der Waals surface area (Å²) in [7, 11) is 0. The summed E-state index contributed by atoms with van der Waals surface area (Å²) in [6.45, 7) is 2.69. The Hall–Kier alpha value is -3.43. The number of fused-ring (bicyclic) bond motifs is 1. The number of ether oxygens (including phenoxy) is 1. The molecule has 10 heteroatoms. The monoisotopic (exact) mass is 471 g/mol. The van der Waals surface area contributed by atoms with Crippen LogP contribution in [0.2, 0.25) is 5.02 Å². The van der Waals surface area contributed by atoms with Gasteiger partial charge in [-0.25, -0.2) is 4.79 Å². The third-order valence-electron chi connectivity index (χ3n) is 4.70. The number of rotatable bonds is 7. The Morgan fingerprint density at radius 2 is 1.97 bits per heavy atom. The van der Waals surface area contributed by atoms with Crippen LogP contribution in [-0.2, 0) is 11.4 Å². The minimum Gasteiger partial charge on any atom is -0.482 e. The van der Waals surface area contributed by atoms with E-state index in [-0.39, 0.29) is 23.8 Å². The largest absolute Gasteiger partial charge is 0.482 e. The van der Waals surface area contributed by atoms with E-state index in [1.807, 2.05) is 23.6 Å². The van der Waals surface area contributed by atoms with Crippen molar-refractivity contribution in [1.29, 1.82) is 0 Å². The van der Waals surface area contributed by atoms with Crippen molar-refractivity contribution in [3.8, 4) is 16.5 Å². The SMILES string of the molecule is CC(C)(NC(=O)c1cc(Cl)c2ccccc2c1OCc1nc(-c2cccs2)no1)C(=O)O. The van der Waals surface area contributed by atoms with Crippen LogP contribution in [0.1, 0.15) is 30.1 Å². The maximum absolute atomic E-state index is 13.0. The lowest BCUT2D eigenvalue weighted by Gasteiger charge is -2.22. The molecule has 2 aromatic heterocycles. The molecule has 0 bridgehead atoms. The van der Waals surface area contributed by atoms with E-state index in [1.165, 1.54) is 31.3 Å². The molecule has 4 aromatic rings. The highest BCUT2D eigenvalue weighted by molar-refractivity contribution is 7.13. The maximum atomic E-state index is 13.0. The van der Waals surface area contributed by atoms with E-state index < -0.39 is 17.4 Å². The second-order valence-electron chi connectivity index (χ2n) is 7.44. The summed E-state index contributed by atoms with van der Waals surface area (Å²) in [5, 5.41) is 19.3. The second kappa shape index (κ2) is 8.60. The molecule has 0 aliphatic carbocycles. The number of hydrogen-bond donors (Lipinski definition) is 2. The number of aliphatic carboxylic acids is 1. The maximum Gasteiger partial charge on any atom is 0.328 e. The summed E-state index contributed by atoms with van der Waals surface area (Å²) in [4.78, 5) is 29.6. The Kier molecular flexibility index (Phi) is 5.86. The van der Waals surface area contributed by atoms with Gasteiger partial charge in [-0.2, -0.15) is 4.98 Å². The minimum absolute atomic E-state index is 0.0907. The zero-order chi connectivity index (χ0) is 22.9. The quantitative estimate of drug-likeness (QED) is 0.398. The van der Waals surface area contributed by atoms with Gasteiger partial charge in [-0.1, -0.05) is 47.1 Å². The number of carbonyl (C=O) groups is 2. The Morgan fingerprint density at radius 1 is 1.22 bits per heavy atom. The zero-order valence-corrected chi connectivity index (χ0v) is 18.7. The molecule has 0 radical (unpaired) electrons. The molecule has 2 heterocycles. The Morgan fingerprint density at radius 3 is 2.66 bits per heavy atom. The third-order valence-corrected chi connectivity index (χ3v) is 5.88. The molecule has 0 unspecified atom stereocenters. The lowest BCUT2D eigenvalue weighted by Crippen LogP contribution is -2.49. The van der Waals surface area contributed by atoms with Crippen LogP contribution in [0.15, 0.2) is 52.4 Å². The van der Waals surface area contributed by atoms with Crippen molar-refractivity contribution in [3.63, 3.8) is 0 Å². The predicted molar refractivity (Wildman–Crippen MR) is 120 cm³/mol. The molecule has 0 saturated carbocycles. The van der Waals surface area contributed by atoms with E-state index in [0.29, 0.717) is 21.6 Å². The van der Waals surface area contributed by atoms with Crippen LogP contribution in [0.3, 0.4) is 0 Å². The van der Waals surface area contributed by atoms with Gasteiger partial charge in [0.25, 0.3) is 11.8 Å². The van der Waals surface area contributed by atoms with E-state index in [4.69, 9.17) is 20.9 Å². The highest BCUT2D eigenvalue weighted by atomic mass is 35.5. The van der Waals surface area contributed by atoms with Crippen molar-refractivity contribution in [1.82, 2.24) is 15.5 Å². The molecule has 4 rings (SSSR count). The number of nitrogens with zero attached hydrogens (tertiary/aromatic N) is 2. The average Bonchev–Trinajstić information content (AvgIpc) is 3.44. The van der Waals surface area contributed by atoms with Gasteiger partial charge in [-0.3, -0.25) is 4.79 Å². The van der Waals surface area contributed by atoms with E-state index >= 15 is 0 Å². The third kappa shape index (κ3) is 4.30. The number of amides is 1. The van der Waals surface area contributed by atoms with Gasteiger partial charge in [0.15, 0.2) is 6.61 Å².